The van der Waals surface area contributed by atoms with Crippen LogP contribution in [0, 0.1) is 0 Å². The van der Waals surface area contributed by atoms with Gasteiger partial charge in [-0.1, -0.05) is 0 Å². The predicted octanol–water partition coefficient (Wildman–Crippen LogP) is 1.93. The van der Waals surface area contributed by atoms with Crippen molar-refractivity contribution in [3.63, 3.8) is 0 Å². The number of nitrogens with one attached hydrogen (secondary N) is 1. The molecule has 3 N–H and O–H groups in total. The van der Waals surface area contributed by atoms with E-state index >= 15 is 0 Å². The van der Waals surface area contributed by atoms with E-state index in [4.69, 9.17) is 22.7 Å². The number of rotatable bonds is 3. The molecule has 3 rings (SSSR count). The Balaban J connectivity index is 2.11. The van der Waals surface area contributed by atoms with Crippen LogP contribution in [0.25, 0.3) is 11.3 Å². The number of hydrogen-bond donors (Lipinski definition) is 2. The normalized spacial score (nSPS) is 14.7. The van der Waals surface area contributed by atoms with E-state index in [1.165, 1.54) is 11.1 Å². The Hall–Kier alpha value is -2.28. The molecule has 0 unspecified atom stereocenters. The molecule has 2 heterocycles. The van der Waals surface area contributed by atoms with Crippen molar-refractivity contribution < 1.29 is 4.74 Å². The summed E-state index contributed by atoms with van der Waals surface area (Å²) in [6.45, 7) is 1.74. The summed E-state index contributed by atoms with van der Waals surface area (Å²) in [7, 11) is 1.62. The van der Waals surface area contributed by atoms with Crippen molar-refractivity contribution in [1.82, 2.24) is 9.78 Å². The van der Waals surface area contributed by atoms with Gasteiger partial charge in [0.2, 0.25) is 0 Å². The molecule has 0 spiro atoms. The van der Waals surface area contributed by atoms with Crippen molar-refractivity contribution in [2.45, 2.75) is 19.3 Å². The van der Waals surface area contributed by atoms with Crippen LogP contribution < -0.4 is 20.9 Å². The van der Waals surface area contributed by atoms with Crippen molar-refractivity contribution in [2.24, 2.45) is 5.73 Å². The molecule has 2 aromatic rings. The molecule has 0 radical (unpaired) electrons. The van der Waals surface area contributed by atoms with Gasteiger partial charge in [0.15, 0.2) is 5.11 Å². The van der Waals surface area contributed by atoms with Gasteiger partial charge in [0.25, 0.3) is 5.56 Å². The van der Waals surface area contributed by atoms with Gasteiger partial charge in [-0.3, -0.25) is 9.89 Å². The monoisotopic (exact) mass is 332 g/mol. The number of aromatic nitrogens is 2. The van der Waals surface area contributed by atoms with Crippen LogP contribution in [0.15, 0.2) is 29.1 Å². The van der Waals surface area contributed by atoms with Crippen LogP contribution in [0.3, 0.4) is 0 Å². The van der Waals surface area contributed by atoms with Gasteiger partial charge in [-0.15, -0.1) is 0 Å². The van der Waals surface area contributed by atoms with E-state index in [-0.39, 0.29) is 10.7 Å². The molecule has 1 saturated heterocycles. The Kier molecular flexibility index (Phi) is 4.38. The molecule has 1 aromatic heterocycles. The van der Waals surface area contributed by atoms with Crippen LogP contribution in [0.4, 0.5) is 5.69 Å². The SMILES string of the molecule is COc1ccc(-c2[nH]n(C(N)=S)c(=O)c2N2CCCCC2)cc1. The zero-order chi connectivity index (χ0) is 16.4. The molecule has 23 heavy (non-hydrogen) atoms. The molecular weight excluding hydrogens is 312 g/mol. The number of thiocarbonyl (C=S) groups is 1. The number of ether oxygens (including phenoxy) is 1. The van der Waals surface area contributed by atoms with Crippen LogP contribution in [-0.2, 0) is 0 Å². The summed E-state index contributed by atoms with van der Waals surface area (Å²) < 4.78 is 6.43. The number of aromatic amines is 1. The highest BCUT2D eigenvalue weighted by atomic mass is 32.1. The summed E-state index contributed by atoms with van der Waals surface area (Å²) in [6, 6.07) is 7.57. The molecule has 0 aliphatic carbocycles. The van der Waals surface area contributed by atoms with E-state index in [2.05, 4.69) is 10.00 Å². The first-order valence-electron chi connectivity index (χ1n) is 7.66. The molecule has 1 aliphatic rings. The molecule has 1 fully saturated rings. The number of benzene rings is 1. The minimum absolute atomic E-state index is 0.0213. The first-order valence-corrected chi connectivity index (χ1v) is 8.07. The Morgan fingerprint density at radius 1 is 1.22 bits per heavy atom. The second-order valence-electron chi connectivity index (χ2n) is 5.59. The predicted molar refractivity (Wildman–Crippen MR) is 95.3 cm³/mol. The molecule has 1 aliphatic heterocycles. The minimum Gasteiger partial charge on any atom is -0.497 e. The van der Waals surface area contributed by atoms with Crippen LogP contribution >= 0.6 is 12.2 Å². The lowest BCUT2D eigenvalue weighted by atomic mass is 10.1. The number of nitrogens with two attached hydrogens (primary N) is 1. The summed E-state index contributed by atoms with van der Waals surface area (Å²) in [5.41, 5.74) is 7.77. The maximum atomic E-state index is 12.7. The molecule has 0 atom stereocenters. The fourth-order valence-electron chi connectivity index (χ4n) is 2.95. The van der Waals surface area contributed by atoms with Gasteiger partial charge < -0.3 is 15.4 Å². The summed E-state index contributed by atoms with van der Waals surface area (Å²) >= 11 is 4.98. The third kappa shape index (κ3) is 2.96. The van der Waals surface area contributed by atoms with Gasteiger partial charge >= 0.3 is 0 Å². The van der Waals surface area contributed by atoms with Crippen molar-refractivity contribution in [3.8, 4) is 17.0 Å². The maximum Gasteiger partial charge on any atom is 0.297 e. The van der Waals surface area contributed by atoms with Crippen LogP contribution in [0.2, 0.25) is 0 Å². The molecule has 0 amide bonds. The van der Waals surface area contributed by atoms with Crippen LogP contribution in [0.5, 0.6) is 5.75 Å². The Morgan fingerprint density at radius 2 is 1.87 bits per heavy atom. The highest BCUT2D eigenvalue weighted by Crippen LogP contribution is 2.29. The summed E-state index contributed by atoms with van der Waals surface area (Å²) in [5, 5.41) is 3.08. The van der Waals surface area contributed by atoms with Gasteiger partial charge in [-0.25, -0.2) is 0 Å². The zero-order valence-corrected chi connectivity index (χ0v) is 13.9. The number of nitrogens with zero attached hydrogens (tertiary/aromatic N) is 2. The maximum absolute atomic E-state index is 12.7. The van der Waals surface area contributed by atoms with Gasteiger partial charge in [0.1, 0.15) is 11.4 Å². The lowest BCUT2D eigenvalue weighted by Gasteiger charge is -2.27. The van der Waals surface area contributed by atoms with Crippen molar-refractivity contribution >= 4 is 23.0 Å². The second kappa shape index (κ2) is 6.45. The van der Waals surface area contributed by atoms with Gasteiger partial charge in [0.05, 0.1) is 12.8 Å². The molecule has 7 heteroatoms. The number of H-pyrrole nitrogens is 1. The summed E-state index contributed by atoms with van der Waals surface area (Å²) in [4.78, 5) is 14.8. The molecule has 6 nitrogen and oxygen atoms in total. The molecule has 1 aromatic carbocycles. The lowest BCUT2D eigenvalue weighted by molar-refractivity contribution is 0.415. The quantitative estimate of drug-likeness (QED) is 0.840. The van der Waals surface area contributed by atoms with Crippen molar-refractivity contribution in [1.29, 1.82) is 0 Å². The van der Waals surface area contributed by atoms with Crippen LogP contribution in [0.1, 0.15) is 19.3 Å². The number of hydrogen-bond acceptors (Lipinski definition) is 4. The Morgan fingerprint density at radius 3 is 2.43 bits per heavy atom. The summed E-state index contributed by atoms with van der Waals surface area (Å²) in [5.74, 6) is 0.768. The number of piperidine rings is 1. The van der Waals surface area contributed by atoms with E-state index in [0.29, 0.717) is 5.69 Å². The van der Waals surface area contributed by atoms with E-state index < -0.39 is 0 Å². The Labute approximate surface area is 139 Å². The third-order valence-corrected chi connectivity index (χ3v) is 4.32. The molecule has 0 bridgehead atoms. The van der Waals surface area contributed by atoms with Crippen molar-refractivity contribution in [2.75, 3.05) is 25.1 Å². The molecular formula is C16H20N4O2S. The van der Waals surface area contributed by atoms with Gasteiger partial charge in [-0.05, 0) is 55.7 Å². The fourth-order valence-corrected chi connectivity index (χ4v) is 3.08. The first kappa shape index (κ1) is 15.6. The molecule has 0 saturated carbocycles. The third-order valence-electron chi connectivity index (χ3n) is 4.14. The lowest BCUT2D eigenvalue weighted by Crippen LogP contribution is -2.36. The largest absolute Gasteiger partial charge is 0.497 e. The average molecular weight is 332 g/mol. The standard InChI is InChI=1S/C16H20N4O2S/c1-22-12-7-5-11(6-8-12)13-14(19-9-3-2-4-10-19)15(21)20(18-13)16(17)23/h5-8,18H,2-4,9-10H2,1H3,(H2,17,23). The van der Waals surface area contributed by atoms with Crippen molar-refractivity contribution in [3.05, 3.63) is 34.6 Å². The number of anilines is 1. The highest BCUT2D eigenvalue weighted by molar-refractivity contribution is 7.80. The fraction of sp³-hybridized carbons (Fsp3) is 0.375. The zero-order valence-electron chi connectivity index (χ0n) is 13.0. The van der Waals surface area contributed by atoms with E-state index in [0.717, 1.165) is 42.9 Å². The van der Waals surface area contributed by atoms with Gasteiger partial charge in [0, 0.05) is 18.7 Å². The number of methoxy groups -OCH3 is 1. The second-order valence-corrected chi connectivity index (χ2v) is 6.01. The van der Waals surface area contributed by atoms with E-state index in [1.807, 2.05) is 24.3 Å². The van der Waals surface area contributed by atoms with Gasteiger partial charge in [-0.2, -0.15) is 4.68 Å². The minimum atomic E-state index is -0.190. The first-order chi connectivity index (χ1) is 11.1. The molecule has 122 valence electrons. The summed E-state index contributed by atoms with van der Waals surface area (Å²) in [6.07, 6.45) is 3.36. The topological polar surface area (TPSA) is 76.3 Å². The van der Waals surface area contributed by atoms with E-state index in [9.17, 15) is 4.79 Å². The van der Waals surface area contributed by atoms with Crippen LogP contribution in [-0.4, -0.2) is 35.1 Å². The highest BCUT2D eigenvalue weighted by Gasteiger charge is 2.23. The average Bonchev–Trinajstić information content (AvgIpc) is 2.93. The van der Waals surface area contributed by atoms with E-state index in [1.54, 1.807) is 7.11 Å². The Bertz CT molecular complexity index is 757. The smallest absolute Gasteiger partial charge is 0.297 e.